The molecule has 1 atom stereocenters. The molecule has 0 bridgehead atoms. The number of nitrogens with zero attached hydrogens (tertiary/aromatic N) is 1. The Kier molecular flexibility index (Phi) is 4.91. The molecule has 1 aromatic rings. The normalized spacial score (nSPS) is 11.9. The summed E-state index contributed by atoms with van der Waals surface area (Å²) in [6.45, 7) is 1.83. The molecule has 0 amide bonds. The standard InChI is InChI=1S/C11H12ClNO5/c1-2-3-10(11(14)15)18-9-5-4-7(13(16)17)6-8(9)12/h4-6,10H,2-3H2,1H3,(H,14,15). The van der Waals surface area contributed by atoms with Crippen molar-refractivity contribution in [3.63, 3.8) is 0 Å². The Morgan fingerprint density at radius 2 is 2.28 bits per heavy atom. The van der Waals surface area contributed by atoms with Gasteiger partial charge in [0.1, 0.15) is 5.75 Å². The van der Waals surface area contributed by atoms with E-state index in [0.29, 0.717) is 12.8 Å². The zero-order chi connectivity index (χ0) is 13.7. The molecule has 1 aromatic carbocycles. The minimum absolute atomic E-state index is 0.0200. The molecule has 0 aliphatic heterocycles. The van der Waals surface area contributed by atoms with Crippen LogP contribution in [0.15, 0.2) is 18.2 Å². The predicted octanol–water partition coefficient (Wildman–Crippen LogP) is 2.88. The van der Waals surface area contributed by atoms with Crippen molar-refractivity contribution in [3.05, 3.63) is 33.3 Å². The van der Waals surface area contributed by atoms with Crippen LogP contribution in [0.5, 0.6) is 5.75 Å². The maximum atomic E-state index is 10.9. The second kappa shape index (κ2) is 6.20. The highest BCUT2D eigenvalue weighted by Gasteiger charge is 2.20. The van der Waals surface area contributed by atoms with Gasteiger partial charge in [-0.25, -0.2) is 4.79 Å². The Hall–Kier alpha value is -1.82. The third-order valence-electron chi connectivity index (χ3n) is 2.22. The average molecular weight is 274 g/mol. The molecule has 0 saturated carbocycles. The number of aliphatic carboxylic acids is 1. The van der Waals surface area contributed by atoms with Crippen LogP contribution in [0.3, 0.4) is 0 Å². The number of non-ortho nitro benzene ring substituents is 1. The van der Waals surface area contributed by atoms with Crippen molar-refractivity contribution in [3.8, 4) is 5.75 Å². The molecule has 1 rings (SSSR count). The minimum atomic E-state index is -1.09. The van der Waals surface area contributed by atoms with E-state index in [1.165, 1.54) is 12.1 Å². The number of hydrogen-bond acceptors (Lipinski definition) is 4. The molecule has 7 heteroatoms. The number of carbonyl (C=O) groups is 1. The van der Waals surface area contributed by atoms with Gasteiger partial charge in [-0.3, -0.25) is 10.1 Å². The van der Waals surface area contributed by atoms with E-state index in [1.54, 1.807) is 0 Å². The molecule has 0 radical (unpaired) electrons. The minimum Gasteiger partial charge on any atom is -0.479 e. The summed E-state index contributed by atoms with van der Waals surface area (Å²) >= 11 is 5.80. The lowest BCUT2D eigenvalue weighted by atomic mass is 10.2. The first-order valence-corrected chi connectivity index (χ1v) is 5.67. The number of halogens is 1. The van der Waals surface area contributed by atoms with Gasteiger partial charge in [0.15, 0.2) is 6.10 Å². The Morgan fingerprint density at radius 1 is 1.61 bits per heavy atom. The first-order valence-electron chi connectivity index (χ1n) is 5.29. The number of benzene rings is 1. The summed E-state index contributed by atoms with van der Waals surface area (Å²) in [5.74, 6) is -0.964. The van der Waals surface area contributed by atoms with Crippen LogP contribution in [-0.4, -0.2) is 22.1 Å². The molecule has 0 aliphatic rings. The zero-order valence-corrected chi connectivity index (χ0v) is 10.4. The highest BCUT2D eigenvalue weighted by atomic mass is 35.5. The SMILES string of the molecule is CCCC(Oc1ccc([N+](=O)[O-])cc1Cl)C(=O)O. The number of nitro benzene ring substituents is 1. The van der Waals surface area contributed by atoms with Gasteiger partial charge in [0.25, 0.3) is 5.69 Å². The molecular formula is C11H12ClNO5. The third kappa shape index (κ3) is 3.59. The zero-order valence-electron chi connectivity index (χ0n) is 9.63. The summed E-state index contributed by atoms with van der Waals surface area (Å²) in [5, 5.41) is 19.5. The van der Waals surface area contributed by atoms with Gasteiger partial charge in [-0.15, -0.1) is 0 Å². The van der Waals surface area contributed by atoms with E-state index in [0.717, 1.165) is 6.07 Å². The van der Waals surface area contributed by atoms with Crippen molar-refractivity contribution in [2.45, 2.75) is 25.9 Å². The van der Waals surface area contributed by atoms with Crippen LogP contribution in [0.4, 0.5) is 5.69 Å². The van der Waals surface area contributed by atoms with E-state index in [4.69, 9.17) is 21.4 Å². The Bertz CT molecular complexity index is 463. The lowest BCUT2D eigenvalue weighted by molar-refractivity contribution is -0.384. The van der Waals surface area contributed by atoms with Crippen molar-refractivity contribution < 1.29 is 19.6 Å². The van der Waals surface area contributed by atoms with Crippen LogP contribution in [0.1, 0.15) is 19.8 Å². The van der Waals surface area contributed by atoms with Gasteiger partial charge in [-0.2, -0.15) is 0 Å². The van der Waals surface area contributed by atoms with Crippen molar-refractivity contribution in [1.29, 1.82) is 0 Å². The van der Waals surface area contributed by atoms with Gasteiger partial charge < -0.3 is 9.84 Å². The van der Waals surface area contributed by atoms with Crippen LogP contribution in [0.2, 0.25) is 5.02 Å². The van der Waals surface area contributed by atoms with Crippen molar-refractivity contribution in [2.75, 3.05) is 0 Å². The van der Waals surface area contributed by atoms with Gasteiger partial charge in [0.2, 0.25) is 0 Å². The average Bonchev–Trinajstić information content (AvgIpc) is 2.30. The third-order valence-corrected chi connectivity index (χ3v) is 2.52. The number of carboxylic acid groups (broad SMARTS) is 1. The predicted molar refractivity (Wildman–Crippen MR) is 65.1 cm³/mol. The van der Waals surface area contributed by atoms with Crippen LogP contribution in [0, 0.1) is 10.1 Å². The van der Waals surface area contributed by atoms with Gasteiger partial charge >= 0.3 is 5.97 Å². The van der Waals surface area contributed by atoms with Crippen LogP contribution < -0.4 is 4.74 Å². The maximum Gasteiger partial charge on any atom is 0.344 e. The summed E-state index contributed by atoms with van der Waals surface area (Å²) in [5.41, 5.74) is -0.172. The quantitative estimate of drug-likeness (QED) is 0.636. The molecule has 1 unspecified atom stereocenters. The molecule has 0 spiro atoms. The van der Waals surface area contributed by atoms with E-state index in [-0.39, 0.29) is 16.5 Å². The molecule has 1 N–H and O–H groups in total. The van der Waals surface area contributed by atoms with E-state index in [9.17, 15) is 14.9 Å². The second-order valence-corrected chi connectivity index (χ2v) is 4.01. The van der Waals surface area contributed by atoms with Crippen molar-refractivity contribution in [2.24, 2.45) is 0 Å². The first-order chi connectivity index (χ1) is 8.45. The molecule has 98 valence electrons. The van der Waals surface area contributed by atoms with Gasteiger partial charge in [-0.05, 0) is 12.5 Å². The largest absolute Gasteiger partial charge is 0.479 e. The molecule has 0 aliphatic carbocycles. The lowest BCUT2D eigenvalue weighted by Gasteiger charge is -2.15. The molecule has 6 nitrogen and oxygen atoms in total. The summed E-state index contributed by atoms with van der Waals surface area (Å²) in [6, 6.07) is 3.64. The summed E-state index contributed by atoms with van der Waals surface area (Å²) in [4.78, 5) is 20.8. The maximum absolute atomic E-state index is 10.9. The molecular weight excluding hydrogens is 262 g/mol. The first kappa shape index (κ1) is 14.2. The molecule has 0 heterocycles. The number of ether oxygens (including phenoxy) is 1. The fourth-order valence-electron chi connectivity index (χ4n) is 1.35. The van der Waals surface area contributed by atoms with E-state index >= 15 is 0 Å². The smallest absolute Gasteiger partial charge is 0.344 e. The Balaban J connectivity index is 2.90. The van der Waals surface area contributed by atoms with Crippen LogP contribution >= 0.6 is 11.6 Å². The van der Waals surface area contributed by atoms with Gasteiger partial charge in [-0.1, -0.05) is 24.9 Å². The molecule has 0 fully saturated rings. The fraction of sp³-hybridized carbons (Fsp3) is 0.364. The van der Waals surface area contributed by atoms with Crippen LogP contribution in [0.25, 0.3) is 0 Å². The molecule has 18 heavy (non-hydrogen) atoms. The summed E-state index contributed by atoms with van der Waals surface area (Å²) < 4.78 is 5.23. The number of carboxylic acids is 1. The summed E-state index contributed by atoms with van der Waals surface area (Å²) in [6.07, 6.45) is -0.0292. The molecule has 0 saturated heterocycles. The second-order valence-electron chi connectivity index (χ2n) is 3.61. The molecule has 0 aromatic heterocycles. The summed E-state index contributed by atoms with van der Waals surface area (Å²) in [7, 11) is 0. The van der Waals surface area contributed by atoms with Crippen LogP contribution in [-0.2, 0) is 4.79 Å². The van der Waals surface area contributed by atoms with E-state index in [2.05, 4.69) is 0 Å². The van der Waals surface area contributed by atoms with Crippen molar-refractivity contribution in [1.82, 2.24) is 0 Å². The lowest BCUT2D eigenvalue weighted by Crippen LogP contribution is -2.26. The highest BCUT2D eigenvalue weighted by Crippen LogP contribution is 2.29. The Labute approximate surface area is 108 Å². The fourth-order valence-corrected chi connectivity index (χ4v) is 1.57. The van der Waals surface area contributed by atoms with Gasteiger partial charge in [0.05, 0.1) is 9.95 Å². The van der Waals surface area contributed by atoms with Crippen molar-refractivity contribution >= 4 is 23.3 Å². The van der Waals surface area contributed by atoms with Gasteiger partial charge in [0, 0.05) is 12.1 Å². The highest BCUT2D eigenvalue weighted by molar-refractivity contribution is 6.32. The monoisotopic (exact) mass is 273 g/mol. The van der Waals surface area contributed by atoms with E-state index in [1.807, 2.05) is 6.92 Å². The number of nitro groups is 1. The number of hydrogen-bond donors (Lipinski definition) is 1. The topological polar surface area (TPSA) is 89.7 Å². The Morgan fingerprint density at radius 3 is 2.72 bits per heavy atom. The van der Waals surface area contributed by atoms with E-state index < -0.39 is 17.0 Å². The number of rotatable bonds is 6.